The van der Waals surface area contributed by atoms with Gasteiger partial charge in [-0.3, -0.25) is 5.73 Å². The van der Waals surface area contributed by atoms with Crippen LogP contribution in [0.3, 0.4) is 0 Å². The van der Waals surface area contributed by atoms with E-state index in [-0.39, 0.29) is 6.01 Å². The van der Waals surface area contributed by atoms with Crippen LogP contribution in [0.2, 0.25) is 0 Å². The molecule has 7 heteroatoms. The average Bonchev–Trinajstić information content (AvgIpc) is 2.76. The molecule has 0 radical (unpaired) electrons. The molecule has 28 heavy (non-hydrogen) atoms. The third-order valence-electron chi connectivity index (χ3n) is 4.44. The van der Waals surface area contributed by atoms with E-state index in [9.17, 15) is 0 Å². The van der Waals surface area contributed by atoms with Crippen LogP contribution in [0.4, 0.5) is 0 Å². The molecule has 0 saturated heterocycles. The molecular formula is C21H23N3O4. The number of aromatic nitrogens is 2. The lowest BCUT2D eigenvalue weighted by molar-refractivity contribution is -0.0682. The second kappa shape index (κ2) is 8.69. The first-order valence-electron chi connectivity index (χ1n) is 8.69. The predicted octanol–water partition coefficient (Wildman–Crippen LogP) is 2.75. The van der Waals surface area contributed by atoms with Crippen molar-refractivity contribution in [2.75, 3.05) is 21.3 Å². The van der Waals surface area contributed by atoms with Crippen LogP contribution in [-0.4, -0.2) is 37.5 Å². The molecule has 3 aromatic rings. The van der Waals surface area contributed by atoms with Gasteiger partial charge in [0.2, 0.25) is 11.8 Å². The molecule has 1 unspecified atom stereocenters. The lowest BCUT2D eigenvalue weighted by atomic mass is 9.84. The molecule has 0 saturated carbocycles. The molecule has 0 fully saturated rings. The van der Waals surface area contributed by atoms with Crippen LogP contribution in [0.25, 0.3) is 0 Å². The van der Waals surface area contributed by atoms with Crippen LogP contribution in [0.1, 0.15) is 11.1 Å². The molecule has 0 aliphatic carbocycles. The van der Waals surface area contributed by atoms with Gasteiger partial charge in [-0.15, -0.1) is 0 Å². The lowest BCUT2D eigenvalue weighted by Crippen LogP contribution is -2.51. The fourth-order valence-electron chi connectivity index (χ4n) is 3.06. The monoisotopic (exact) mass is 381 g/mol. The van der Waals surface area contributed by atoms with Crippen molar-refractivity contribution in [2.45, 2.75) is 11.8 Å². The minimum Gasteiger partial charge on any atom is -0.481 e. The first-order chi connectivity index (χ1) is 13.6. The van der Waals surface area contributed by atoms with Crippen LogP contribution < -0.4 is 19.9 Å². The standard InChI is InChI=1S/C21H23N3O4/c1-25-17-14-18(26-2)24-20(23-17)28-19(22)21(27-3,15-10-6-4-7-11-15)16-12-8-5-9-13-16/h4-14,19H,22H2,1-3H3. The third kappa shape index (κ3) is 3.76. The lowest BCUT2D eigenvalue weighted by Gasteiger charge is -2.37. The Hall–Kier alpha value is -3.16. The van der Waals surface area contributed by atoms with Gasteiger partial charge in [-0.2, -0.15) is 9.97 Å². The van der Waals surface area contributed by atoms with E-state index in [1.165, 1.54) is 14.2 Å². The Morgan fingerprint density at radius 2 is 1.25 bits per heavy atom. The summed E-state index contributed by atoms with van der Waals surface area (Å²) in [6, 6.07) is 20.9. The number of methoxy groups -OCH3 is 3. The van der Waals surface area contributed by atoms with Gasteiger partial charge in [-0.1, -0.05) is 60.7 Å². The van der Waals surface area contributed by atoms with Crippen LogP contribution in [-0.2, 0) is 10.3 Å². The maximum Gasteiger partial charge on any atom is 0.324 e. The summed E-state index contributed by atoms with van der Waals surface area (Å²) in [6.45, 7) is 0. The largest absolute Gasteiger partial charge is 0.481 e. The number of nitrogens with zero attached hydrogens (tertiary/aromatic N) is 2. The molecule has 146 valence electrons. The molecule has 1 heterocycles. The zero-order valence-electron chi connectivity index (χ0n) is 16.0. The van der Waals surface area contributed by atoms with Crippen LogP contribution in [0, 0.1) is 0 Å². The normalized spacial score (nSPS) is 12.3. The molecular weight excluding hydrogens is 358 g/mol. The molecule has 1 aromatic heterocycles. The zero-order chi connectivity index (χ0) is 20.0. The Bertz CT molecular complexity index is 829. The van der Waals surface area contributed by atoms with Crippen molar-refractivity contribution in [3.8, 4) is 17.8 Å². The van der Waals surface area contributed by atoms with Crippen molar-refractivity contribution in [1.29, 1.82) is 0 Å². The summed E-state index contributed by atoms with van der Waals surface area (Å²) in [5.41, 5.74) is 7.13. The minimum absolute atomic E-state index is 0.0250. The Morgan fingerprint density at radius 3 is 1.64 bits per heavy atom. The van der Waals surface area contributed by atoms with Crippen LogP contribution in [0.5, 0.6) is 17.8 Å². The average molecular weight is 381 g/mol. The molecule has 0 spiro atoms. The van der Waals surface area contributed by atoms with Crippen LogP contribution in [0.15, 0.2) is 66.7 Å². The van der Waals surface area contributed by atoms with Gasteiger partial charge in [0.05, 0.1) is 20.3 Å². The highest BCUT2D eigenvalue weighted by Crippen LogP contribution is 2.36. The quantitative estimate of drug-likeness (QED) is 0.600. The molecule has 0 bridgehead atoms. The maximum atomic E-state index is 6.53. The fourth-order valence-corrected chi connectivity index (χ4v) is 3.06. The topological polar surface area (TPSA) is 88.7 Å². The summed E-state index contributed by atoms with van der Waals surface area (Å²) < 4.78 is 22.3. The minimum atomic E-state index is -1.08. The third-order valence-corrected chi connectivity index (χ3v) is 4.44. The molecule has 2 N–H and O–H groups in total. The van der Waals surface area contributed by atoms with E-state index in [1.807, 2.05) is 60.7 Å². The smallest absolute Gasteiger partial charge is 0.324 e. The van der Waals surface area contributed by atoms with Crippen molar-refractivity contribution < 1.29 is 18.9 Å². The van der Waals surface area contributed by atoms with Crippen molar-refractivity contribution in [2.24, 2.45) is 5.73 Å². The predicted molar refractivity (Wildman–Crippen MR) is 104 cm³/mol. The van der Waals surface area contributed by atoms with Crippen molar-refractivity contribution in [1.82, 2.24) is 9.97 Å². The van der Waals surface area contributed by atoms with Gasteiger partial charge in [-0.25, -0.2) is 0 Å². The number of ether oxygens (including phenoxy) is 4. The number of hydrogen-bond donors (Lipinski definition) is 1. The highest BCUT2D eigenvalue weighted by atomic mass is 16.6. The zero-order valence-corrected chi connectivity index (χ0v) is 16.0. The van der Waals surface area contributed by atoms with Crippen LogP contribution >= 0.6 is 0 Å². The van der Waals surface area contributed by atoms with Gasteiger partial charge in [0.25, 0.3) is 0 Å². The van der Waals surface area contributed by atoms with Crippen molar-refractivity contribution >= 4 is 0 Å². The Balaban J connectivity index is 2.06. The van der Waals surface area contributed by atoms with Crippen molar-refractivity contribution in [3.05, 3.63) is 77.9 Å². The van der Waals surface area contributed by atoms with E-state index in [2.05, 4.69) is 9.97 Å². The Labute approximate surface area is 164 Å². The molecule has 1 atom stereocenters. The highest BCUT2D eigenvalue weighted by molar-refractivity contribution is 5.38. The van der Waals surface area contributed by atoms with E-state index in [0.29, 0.717) is 11.8 Å². The van der Waals surface area contributed by atoms with E-state index in [0.717, 1.165) is 11.1 Å². The van der Waals surface area contributed by atoms with Gasteiger partial charge in [0.15, 0.2) is 11.8 Å². The van der Waals surface area contributed by atoms with E-state index in [4.69, 9.17) is 24.7 Å². The number of nitrogens with two attached hydrogens (primary N) is 1. The fraction of sp³-hybridized carbons (Fsp3) is 0.238. The van der Waals surface area contributed by atoms with E-state index in [1.54, 1.807) is 13.2 Å². The first kappa shape index (κ1) is 19.6. The van der Waals surface area contributed by atoms with Gasteiger partial charge in [-0.05, 0) is 11.1 Å². The molecule has 0 amide bonds. The van der Waals surface area contributed by atoms with Crippen molar-refractivity contribution in [3.63, 3.8) is 0 Å². The molecule has 7 nitrogen and oxygen atoms in total. The Morgan fingerprint density at radius 1 is 0.786 bits per heavy atom. The number of benzene rings is 2. The summed E-state index contributed by atoms with van der Waals surface area (Å²) >= 11 is 0. The second-order valence-electron chi connectivity index (χ2n) is 5.95. The summed E-state index contributed by atoms with van der Waals surface area (Å²) in [6.07, 6.45) is -0.959. The number of hydrogen-bond acceptors (Lipinski definition) is 7. The van der Waals surface area contributed by atoms with E-state index >= 15 is 0 Å². The molecule has 0 aliphatic heterocycles. The summed E-state index contributed by atoms with van der Waals surface area (Å²) in [7, 11) is 4.59. The van der Waals surface area contributed by atoms with Gasteiger partial charge < -0.3 is 18.9 Å². The maximum absolute atomic E-state index is 6.53. The summed E-state index contributed by atoms with van der Waals surface area (Å²) in [5.74, 6) is 0.605. The highest BCUT2D eigenvalue weighted by Gasteiger charge is 2.43. The first-order valence-corrected chi connectivity index (χ1v) is 8.69. The second-order valence-corrected chi connectivity index (χ2v) is 5.95. The molecule has 3 rings (SSSR count). The Kier molecular flexibility index (Phi) is 6.08. The molecule has 0 aliphatic rings. The summed E-state index contributed by atoms with van der Waals surface area (Å²) in [4.78, 5) is 8.41. The SMILES string of the molecule is COc1cc(OC)nc(OC(N)C(OC)(c2ccccc2)c2ccccc2)n1. The molecule has 2 aromatic carbocycles. The van der Waals surface area contributed by atoms with Gasteiger partial charge in [0, 0.05) is 7.11 Å². The van der Waals surface area contributed by atoms with Gasteiger partial charge in [0.1, 0.15) is 0 Å². The van der Waals surface area contributed by atoms with E-state index < -0.39 is 11.8 Å². The summed E-state index contributed by atoms with van der Waals surface area (Å²) in [5, 5.41) is 0. The van der Waals surface area contributed by atoms with Gasteiger partial charge >= 0.3 is 6.01 Å². The number of rotatable bonds is 8.